The second kappa shape index (κ2) is 8.00. The zero-order valence-electron chi connectivity index (χ0n) is 16.3. The molecule has 0 radical (unpaired) electrons. The van der Waals surface area contributed by atoms with E-state index in [1.165, 1.54) is 29.3 Å². The standard InChI is InChI=1S/C22H25ClN2O3S/c1-15-7-10-18(23)13-21(15)25(29(27,28)19-5-3-2-4-6-19)14-22(26)24-20-12-16-8-9-17(20)11-16/h2-7,10,13,16-17,20H,8-9,11-12,14H2,1H3,(H,24,26)/t16-,17-,20-/m0/s1. The van der Waals surface area contributed by atoms with Crippen LogP contribution in [-0.4, -0.2) is 26.9 Å². The van der Waals surface area contributed by atoms with E-state index in [2.05, 4.69) is 5.32 Å². The van der Waals surface area contributed by atoms with Gasteiger partial charge in [-0.25, -0.2) is 8.42 Å². The first kappa shape index (κ1) is 20.2. The van der Waals surface area contributed by atoms with Gasteiger partial charge in [-0.1, -0.05) is 42.3 Å². The van der Waals surface area contributed by atoms with Crippen LogP contribution >= 0.6 is 11.6 Å². The third kappa shape index (κ3) is 4.14. The summed E-state index contributed by atoms with van der Waals surface area (Å²) in [5, 5.41) is 3.51. The molecule has 0 heterocycles. The highest BCUT2D eigenvalue weighted by molar-refractivity contribution is 7.92. The normalized spacial score (nSPS) is 23.2. The largest absolute Gasteiger partial charge is 0.352 e. The molecule has 2 bridgehead atoms. The first-order valence-corrected chi connectivity index (χ1v) is 11.8. The van der Waals surface area contributed by atoms with Crippen molar-refractivity contribution >= 4 is 33.2 Å². The number of fused-ring (bicyclic) bond motifs is 2. The molecule has 4 rings (SSSR count). The lowest BCUT2D eigenvalue weighted by atomic mass is 9.95. The maximum Gasteiger partial charge on any atom is 0.264 e. The Labute approximate surface area is 177 Å². The van der Waals surface area contributed by atoms with Gasteiger partial charge in [0.25, 0.3) is 10.0 Å². The number of rotatable bonds is 6. The molecule has 154 valence electrons. The molecule has 0 saturated heterocycles. The van der Waals surface area contributed by atoms with Crippen molar-refractivity contribution in [3.63, 3.8) is 0 Å². The topological polar surface area (TPSA) is 66.5 Å². The third-order valence-electron chi connectivity index (χ3n) is 6.14. The number of hydrogen-bond donors (Lipinski definition) is 1. The molecule has 2 aliphatic carbocycles. The molecule has 1 N–H and O–H groups in total. The van der Waals surface area contributed by atoms with Gasteiger partial charge in [0.15, 0.2) is 0 Å². The van der Waals surface area contributed by atoms with E-state index in [0.717, 1.165) is 18.4 Å². The maximum absolute atomic E-state index is 13.4. The van der Waals surface area contributed by atoms with Crippen LogP contribution in [0.3, 0.4) is 0 Å². The molecule has 29 heavy (non-hydrogen) atoms. The molecule has 2 fully saturated rings. The van der Waals surface area contributed by atoms with Gasteiger partial charge in [-0.05, 0) is 67.9 Å². The van der Waals surface area contributed by atoms with Crippen molar-refractivity contribution in [1.29, 1.82) is 0 Å². The molecular weight excluding hydrogens is 408 g/mol. The van der Waals surface area contributed by atoms with Crippen LogP contribution in [0, 0.1) is 18.8 Å². The summed E-state index contributed by atoms with van der Waals surface area (Å²) >= 11 is 6.15. The minimum absolute atomic E-state index is 0.145. The number of aryl methyl sites for hydroxylation is 1. The number of carbonyl (C=O) groups excluding carboxylic acids is 1. The van der Waals surface area contributed by atoms with Gasteiger partial charge in [-0.2, -0.15) is 0 Å². The van der Waals surface area contributed by atoms with Crippen LogP contribution in [0.25, 0.3) is 0 Å². The van der Waals surface area contributed by atoms with Gasteiger partial charge >= 0.3 is 0 Å². The minimum Gasteiger partial charge on any atom is -0.352 e. The first-order chi connectivity index (χ1) is 13.8. The van der Waals surface area contributed by atoms with Crippen molar-refractivity contribution in [3.05, 3.63) is 59.1 Å². The average molecular weight is 433 g/mol. The fourth-order valence-corrected chi connectivity index (χ4v) is 6.34. The number of hydrogen-bond acceptors (Lipinski definition) is 3. The predicted octanol–water partition coefficient (Wildman–Crippen LogP) is 4.15. The van der Waals surface area contributed by atoms with Gasteiger partial charge in [0, 0.05) is 11.1 Å². The third-order valence-corrected chi connectivity index (χ3v) is 8.15. The molecule has 2 aliphatic rings. The van der Waals surface area contributed by atoms with Crippen LogP contribution < -0.4 is 9.62 Å². The van der Waals surface area contributed by atoms with Crippen LogP contribution in [0.4, 0.5) is 5.69 Å². The SMILES string of the molecule is Cc1ccc(Cl)cc1N(CC(=O)N[C@H]1C[C@H]2CC[C@H]1C2)S(=O)(=O)c1ccccc1. The summed E-state index contributed by atoms with van der Waals surface area (Å²) in [4.78, 5) is 13.0. The summed E-state index contributed by atoms with van der Waals surface area (Å²) in [5.41, 5.74) is 1.16. The van der Waals surface area contributed by atoms with Crippen molar-refractivity contribution < 1.29 is 13.2 Å². The summed E-state index contributed by atoms with van der Waals surface area (Å²) in [7, 11) is -3.92. The monoisotopic (exact) mass is 432 g/mol. The molecule has 2 aromatic carbocycles. The summed E-state index contributed by atoms with van der Waals surface area (Å²) < 4.78 is 28.0. The van der Waals surface area contributed by atoms with Crippen molar-refractivity contribution in [1.82, 2.24) is 5.32 Å². The van der Waals surface area contributed by atoms with Crippen LogP contribution in [-0.2, 0) is 14.8 Å². The van der Waals surface area contributed by atoms with Crippen LogP contribution in [0.1, 0.15) is 31.2 Å². The lowest BCUT2D eigenvalue weighted by Gasteiger charge is -2.28. The number of sulfonamides is 1. The van der Waals surface area contributed by atoms with Gasteiger partial charge in [-0.15, -0.1) is 0 Å². The van der Waals surface area contributed by atoms with Crippen LogP contribution in [0.15, 0.2) is 53.4 Å². The molecule has 0 unspecified atom stereocenters. The van der Waals surface area contributed by atoms with E-state index < -0.39 is 10.0 Å². The molecule has 0 aliphatic heterocycles. The Morgan fingerprint density at radius 2 is 1.90 bits per heavy atom. The summed E-state index contributed by atoms with van der Waals surface area (Å²) in [6.45, 7) is 1.54. The minimum atomic E-state index is -3.92. The highest BCUT2D eigenvalue weighted by atomic mass is 35.5. The number of halogens is 1. The first-order valence-electron chi connectivity index (χ1n) is 9.98. The average Bonchev–Trinajstić information content (AvgIpc) is 3.32. The second-order valence-electron chi connectivity index (χ2n) is 8.10. The molecule has 3 atom stereocenters. The Hall–Kier alpha value is -2.05. The molecule has 1 amide bonds. The van der Waals surface area contributed by atoms with E-state index in [0.29, 0.717) is 22.5 Å². The maximum atomic E-state index is 13.4. The van der Waals surface area contributed by atoms with Crippen molar-refractivity contribution in [3.8, 4) is 0 Å². The number of nitrogens with zero attached hydrogens (tertiary/aromatic N) is 1. The zero-order chi connectivity index (χ0) is 20.6. The molecule has 5 nitrogen and oxygen atoms in total. The number of carbonyl (C=O) groups is 1. The molecule has 0 spiro atoms. The van der Waals surface area contributed by atoms with Gasteiger partial charge in [-0.3, -0.25) is 9.10 Å². The Bertz CT molecular complexity index is 1010. The number of anilines is 1. The predicted molar refractivity (Wildman–Crippen MR) is 115 cm³/mol. The van der Waals surface area contributed by atoms with Crippen molar-refractivity contribution in [2.24, 2.45) is 11.8 Å². The van der Waals surface area contributed by atoms with Crippen LogP contribution in [0.5, 0.6) is 0 Å². The Morgan fingerprint density at radius 1 is 1.14 bits per heavy atom. The molecular formula is C22H25ClN2O3S. The molecule has 7 heteroatoms. The van der Waals surface area contributed by atoms with Crippen LogP contribution in [0.2, 0.25) is 5.02 Å². The lowest BCUT2D eigenvalue weighted by Crippen LogP contribution is -2.46. The lowest BCUT2D eigenvalue weighted by molar-refractivity contribution is -0.120. The van der Waals surface area contributed by atoms with Gasteiger partial charge in [0.2, 0.25) is 5.91 Å². The molecule has 2 aromatic rings. The summed E-state index contributed by atoms with van der Waals surface area (Å²) in [6.07, 6.45) is 4.56. The Kier molecular flexibility index (Phi) is 5.58. The van der Waals surface area contributed by atoms with Gasteiger partial charge in [0.1, 0.15) is 6.54 Å². The number of amides is 1. The number of benzene rings is 2. The van der Waals surface area contributed by atoms with Crippen molar-refractivity contribution in [2.75, 3.05) is 10.8 Å². The zero-order valence-corrected chi connectivity index (χ0v) is 17.9. The number of nitrogens with one attached hydrogen (secondary N) is 1. The van der Waals surface area contributed by atoms with E-state index in [1.54, 1.807) is 36.4 Å². The van der Waals surface area contributed by atoms with E-state index in [4.69, 9.17) is 11.6 Å². The fraction of sp³-hybridized carbons (Fsp3) is 0.409. The quantitative estimate of drug-likeness (QED) is 0.745. The Morgan fingerprint density at radius 3 is 2.55 bits per heavy atom. The van der Waals surface area contributed by atoms with E-state index in [1.807, 2.05) is 6.92 Å². The Balaban J connectivity index is 1.63. The molecule has 2 saturated carbocycles. The summed E-state index contributed by atoms with van der Waals surface area (Å²) in [6, 6.07) is 13.4. The second-order valence-corrected chi connectivity index (χ2v) is 10.4. The fourth-order valence-electron chi connectivity index (χ4n) is 4.67. The van der Waals surface area contributed by atoms with E-state index in [9.17, 15) is 13.2 Å². The van der Waals surface area contributed by atoms with E-state index in [-0.39, 0.29) is 23.4 Å². The van der Waals surface area contributed by atoms with E-state index >= 15 is 0 Å². The highest BCUT2D eigenvalue weighted by Crippen LogP contribution is 2.44. The highest BCUT2D eigenvalue weighted by Gasteiger charge is 2.40. The summed E-state index contributed by atoms with van der Waals surface area (Å²) in [5.74, 6) is 0.946. The molecule has 0 aromatic heterocycles. The van der Waals surface area contributed by atoms with Gasteiger partial charge < -0.3 is 5.32 Å². The van der Waals surface area contributed by atoms with Crippen molar-refractivity contribution in [2.45, 2.75) is 43.5 Å². The van der Waals surface area contributed by atoms with Gasteiger partial charge in [0.05, 0.1) is 10.6 Å². The smallest absolute Gasteiger partial charge is 0.264 e.